The predicted molar refractivity (Wildman–Crippen MR) is 37.8 cm³/mol. The molecular formula is C8H8N2. The summed E-state index contributed by atoms with van der Waals surface area (Å²) in [6.45, 7) is 0. The van der Waals surface area contributed by atoms with Crippen molar-refractivity contribution in [2.45, 2.75) is 18.3 Å². The van der Waals surface area contributed by atoms with Crippen LogP contribution < -0.4 is 0 Å². The number of H-pyrrole nitrogens is 1. The molecule has 1 aromatic heterocycles. The van der Waals surface area contributed by atoms with Crippen molar-refractivity contribution in [1.82, 2.24) is 10.2 Å². The molecule has 3 rings (SSSR count). The van der Waals surface area contributed by atoms with Gasteiger partial charge in [0.2, 0.25) is 0 Å². The molecule has 0 unspecified atom stereocenters. The fourth-order valence-electron chi connectivity index (χ4n) is 2.04. The highest BCUT2D eigenvalue weighted by Crippen LogP contribution is 2.46. The highest BCUT2D eigenvalue weighted by molar-refractivity contribution is 5.42. The average Bonchev–Trinajstić information content (AvgIpc) is 2.60. The second-order valence-corrected chi connectivity index (χ2v) is 3.07. The molecule has 1 aromatic rings. The number of hydrogen-bond acceptors (Lipinski definition) is 1. The smallest absolute Gasteiger partial charge is 0.0528 e. The number of nitrogens with one attached hydrogen (secondary N) is 1. The minimum Gasteiger partial charge on any atom is -0.282 e. The Morgan fingerprint density at radius 3 is 3.20 bits per heavy atom. The van der Waals surface area contributed by atoms with E-state index in [0.29, 0.717) is 11.8 Å². The minimum atomic E-state index is 0.655. The van der Waals surface area contributed by atoms with Gasteiger partial charge in [0.1, 0.15) is 0 Å². The molecule has 2 bridgehead atoms. The lowest BCUT2D eigenvalue weighted by atomic mass is 10.1. The molecule has 0 spiro atoms. The molecule has 0 fully saturated rings. The van der Waals surface area contributed by atoms with Crippen LogP contribution in [-0.2, 0) is 0 Å². The Labute approximate surface area is 59.0 Å². The Morgan fingerprint density at radius 2 is 2.30 bits per heavy atom. The van der Waals surface area contributed by atoms with Gasteiger partial charge in [-0.25, -0.2) is 0 Å². The van der Waals surface area contributed by atoms with Gasteiger partial charge in [-0.15, -0.1) is 0 Å². The molecule has 0 amide bonds. The Balaban J connectivity index is 2.30. The van der Waals surface area contributed by atoms with Crippen LogP contribution in [0.5, 0.6) is 0 Å². The Morgan fingerprint density at radius 1 is 1.40 bits per heavy atom. The van der Waals surface area contributed by atoms with Gasteiger partial charge in [0.15, 0.2) is 0 Å². The van der Waals surface area contributed by atoms with Gasteiger partial charge in [-0.05, 0) is 6.42 Å². The summed E-state index contributed by atoms with van der Waals surface area (Å²) in [6, 6.07) is 0. The molecule has 50 valence electrons. The van der Waals surface area contributed by atoms with Gasteiger partial charge >= 0.3 is 0 Å². The van der Waals surface area contributed by atoms with Crippen LogP contribution in [0.1, 0.15) is 29.5 Å². The molecule has 2 nitrogen and oxygen atoms in total. The maximum absolute atomic E-state index is 4.02. The zero-order valence-corrected chi connectivity index (χ0v) is 5.54. The first-order chi connectivity index (χ1) is 4.95. The number of hydrogen-bond donors (Lipinski definition) is 1. The van der Waals surface area contributed by atoms with Gasteiger partial charge < -0.3 is 0 Å². The number of rotatable bonds is 0. The van der Waals surface area contributed by atoms with Gasteiger partial charge in [-0.1, -0.05) is 12.2 Å². The first-order valence-corrected chi connectivity index (χ1v) is 3.66. The van der Waals surface area contributed by atoms with E-state index in [1.165, 1.54) is 17.7 Å². The number of aromatic amines is 1. The molecule has 0 aliphatic heterocycles. The Kier molecular flexibility index (Phi) is 0.631. The minimum absolute atomic E-state index is 0.655. The highest BCUT2D eigenvalue weighted by atomic mass is 15.1. The summed E-state index contributed by atoms with van der Waals surface area (Å²) < 4.78 is 0. The van der Waals surface area contributed by atoms with Crippen LogP contribution in [0.3, 0.4) is 0 Å². The van der Waals surface area contributed by atoms with E-state index < -0.39 is 0 Å². The summed E-state index contributed by atoms with van der Waals surface area (Å²) in [5, 5.41) is 7.07. The van der Waals surface area contributed by atoms with Crippen LogP contribution >= 0.6 is 0 Å². The molecule has 1 N–H and O–H groups in total. The number of fused-ring (bicyclic) bond motifs is 5. The van der Waals surface area contributed by atoms with Crippen LogP contribution in [0, 0.1) is 0 Å². The lowest BCUT2D eigenvalue weighted by Crippen LogP contribution is -1.88. The second-order valence-electron chi connectivity index (χ2n) is 3.07. The fraction of sp³-hybridized carbons (Fsp3) is 0.375. The molecule has 1 heterocycles. The number of allylic oxidation sites excluding steroid dienone is 2. The number of aromatic nitrogens is 2. The lowest BCUT2D eigenvalue weighted by molar-refractivity contribution is 0.774. The fourth-order valence-corrected chi connectivity index (χ4v) is 2.04. The topological polar surface area (TPSA) is 28.7 Å². The normalized spacial score (nSPS) is 33.2. The monoisotopic (exact) mass is 132 g/mol. The number of nitrogens with zero attached hydrogens (tertiary/aromatic N) is 1. The lowest BCUT2D eigenvalue weighted by Gasteiger charge is -2.00. The van der Waals surface area contributed by atoms with E-state index in [1.54, 1.807) is 0 Å². The van der Waals surface area contributed by atoms with Crippen LogP contribution in [-0.4, -0.2) is 10.2 Å². The molecule has 0 saturated heterocycles. The van der Waals surface area contributed by atoms with E-state index >= 15 is 0 Å². The zero-order valence-electron chi connectivity index (χ0n) is 5.54. The van der Waals surface area contributed by atoms with Crippen molar-refractivity contribution in [2.75, 3.05) is 0 Å². The van der Waals surface area contributed by atoms with Crippen LogP contribution in [0.4, 0.5) is 0 Å². The molecular weight excluding hydrogens is 124 g/mol. The third kappa shape index (κ3) is 0.365. The molecule has 2 heteroatoms. The molecule has 0 saturated carbocycles. The first-order valence-electron chi connectivity index (χ1n) is 3.66. The first kappa shape index (κ1) is 4.72. The molecule has 2 atom stereocenters. The van der Waals surface area contributed by atoms with Crippen molar-refractivity contribution in [2.24, 2.45) is 0 Å². The van der Waals surface area contributed by atoms with Gasteiger partial charge in [-0.2, -0.15) is 5.10 Å². The second kappa shape index (κ2) is 1.34. The third-order valence-corrected chi connectivity index (χ3v) is 2.55. The van der Waals surface area contributed by atoms with Crippen LogP contribution in [0.15, 0.2) is 18.3 Å². The van der Waals surface area contributed by atoms with Crippen molar-refractivity contribution in [3.8, 4) is 0 Å². The summed E-state index contributed by atoms with van der Waals surface area (Å²) >= 11 is 0. The largest absolute Gasteiger partial charge is 0.282 e. The van der Waals surface area contributed by atoms with Crippen LogP contribution in [0.2, 0.25) is 0 Å². The van der Waals surface area contributed by atoms with E-state index in [0.717, 1.165) is 0 Å². The molecule has 2 aliphatic carbocycles. The SMILES string of the molecule is C1=C[C@H]2C[C@@H]1c1[nH]ncc12. The molecule has 0 radical (unpaired) electrons. The summed E-state index contributed by atoms with van der Waals surface area (Å²) in [5.74, 6) is 1.33. The Hall–Kier alpha value is -1.05. The van der Waals surface area contributed by atoms with Crippen molar-refractivity contribution >= 4 is 0 Å². The quantitative estimate of drug-likeness (QED) is 0.533. The standard InChI is InChI=1S/C8H8N2/c1-2-6-3-5(1)7-4-9-10-8(6)7/h1-2,4-6H,3H2,(H,9,10)/t5-,6+/m0/s1. The summed E-state index contributed by atoms with van der Waals surface area (Å²) in [4.78, 5) is 0. The molecule has 2 aliphatic rings. The Bertz CT molecular complexity index is 271. The van der Waals surface area contributed by atoms with Gasteiger partial charge in [0, 0.05) is 23.1 Å². The highest BCUT2D eigenvalue weighted by Gasteiger charge is 2.33. The van der Waals surface area contributed by atoms with E-state index in [2.05, 4.69) is 22.3 Å². The van der Waals surface area contributed by atoms with Gasteiger partial charge in [0.25, 0.3) is 0 Å². The average molecular weight is 132 g/mol. The van der Waals surface area contributed by atoms with E-state index in [-0.39, 0.29) is 0 Å². The molecule has 10 heavy (non-hydrogen) atoms. The summed E-state index contributed by atoms with van der Waals surface area (Å²) in [6.07, 6.45) is 7.82. The van der Waals surface area contributed by atoms with Crippen molar-refractivity contribution in [3.05, 3.63) is 29.6 Å². The van der Waals surface area contributed by atoms with Crippen LogP contribution in [0.25, 0.3) is 0 Å². The van der Waals surface area contributed by atoms with E-state index in [9.17, 15) is 0 Å². The molecule has 0 aromatic carbocycles. The van der Waals surface area contributed by atoms with Crippen molar-refractivity contribution < 1.29 is 0 Å². The van der Waals surface area contributed by atoms with Gasteiger partial charge in [-0.3, -0.25) is 5.10 Å². The van der Waals surface area contributed by atoms with E-state index in [1.807, 2.05) is 6.20 Å². The maximum Gasteiger partial charge on any atom is 0.0528 e. The third-order valence-electron chi connectivity index (χ3n) is 2.55. The van der Waals surface area contributed by atoms with Crippen molar-refractivity contribution in [3.63, 3.8) is 0 Å². The maximum atomic E-state index is 4.02. The predicted octanol–water partition coefficient (Wildman–Crippen LogP) is 1.55. The van der Waals surface area contributed by atoms with Gasteiger partial charge in [0.05, 0.1) is 6.20 Å². The van der Waals surface area contributed by atoms with Crippen molar-refractivity contribution in [1.29, 1.82) is 0 Å². The summed E-state index contributed by atoms with van der Waals surface area (Å²) in [5.41, 5.74) is 2.78. The van der Waals surface area contributed by atoms with E-state index in [4.69, 9.17) is 0 Å². The summed E-state index contributed by atoms with van der Waals surface area (Å²) in [7, 11) is 0. The zero-order chi connectivity index (χ0) is 6.55.